The Labute approximate surface area is 156 Å². The van der Waals surface area contributed by atoms with Crippen molar-refractivity contribution in [1.29, 1.82) is 0 Å². The number of halogens is 3. The van der Waals surface area contributed by atoms with Gasteiger partial charge in [-0.3, -0.25) is 0 Å². The molecule has 0 saturated carbocycles. The van der Waals surface area contributed by atoms with E-state index in [-0.39, 0.29) is 23.4 Å². The van der Waals surface area contributed by atoms with Gasteiger partial charge in [-0.05, 0) is 38.5 Å². The number of aliphatic hydroxyl groups is 1. The highest BCUT2D eigenvalue weighted by atomic mass is 32.1. The molecule has 0 unspecified atom stereocenters. The van der Waals surface area contributed by atoms with Crippen LogP contribution in [0.2, 0.25) is 0 Å². The van der Waals surface area contributed by atoms with Crippen LogP contribution >= 0.6 is 11.3 Å². The molecule has 0 bridgehead atoms. The Kier molecular flexibility index (Phi) is 4.77. The van der Waals surface area contributed by atoms with Gasteiger partial charge in [0.1, 0.15) is 5.01 Å². The summed E-state index contributed by atoms with van der Waals surface area (Å²) >= 11 is 0.751. The number of aryl methyl sites for hydroxylation is 1. The monoisotopic (exact) mass is 398 g/mol. The molecule has 1 atom stereocenters. The molecule has 0 spiro atoms. The van der Waals surface area contributed by atoms with E-state index >= 15 is 0 Å². The highest BCUT2D eigenvalue weighted by Gasteiger charge is 2.60. The maximum Gasteiger partial charge on any atom is 0.429 e. The zero-order chi connectivity index (χ0) is 20.0. The number of nitrogens with one attached hydrogen (secondary N) is 1. The minimum absolute atomic E-state index is 0.0179. The Morgan fingerprint density at radius 3 is 2.56 bits per heavy atom. The lowest BCUT2D eigenvalue weighted by Crippen LogP contribution is -2.44. The summed E-state index contributed by atoms with van der Waals surface area (Å²) in [5, 5.41) is 10.3. The number of benzene rings is 1. The number of aromatic amines is 1. The normalized spacial score (nSPS) is 14.3. The zero-order valence-electron chi connectivity index (χ0n) is 14.8. The second kappa shape index (κ2) is 6.65. The fourth-order valence-electron chi connectivity index (χ4n) is 3.02. The van der Waals surface area contributed by atoms with Gasteiger partial charge in [0.15, 0.2) is 0 Å². The van der Waals surface area contributed by atoms with Crippen LogP contribution in [-0.4, -0.2) is 33.8 Å². The van der Waals surface area contributed by atoms with Gasteiger partial charge in [-0.25, -0.2) is 9.78 Å². The van der Waals surface area contributed by atoms with Crippen molar-refractivity contribution in [2.24, 2.45) is 0 Å². The van der Waals surface area contributed by atoms with Crippen LogP contribution in [-0.2, 0) is 10.3 Å². The first-order chi connectivity index (χ1) is 12.6. The number of alkyl halides is 3. The lowest BCUT2D eigenvalue weighted by Gasteiger charge is -2.28. The van der Waals surface area contributed by atoms with E-state index in [2.05, 4.69) is 9.97 Å². The van der Waals surface area contributed by atoms with Crippen LogP contribution in [0, 0.1) is 13.8 Å². The molecule has 0 saturated heterocycles. The fourth-order valence-corrected chi connectivity index (χ4v) is 4.10. The van der Waals surface area contributed by atoms with E-state index in [1.807, 2.05) is 0 Å². The van der Waals surface area contributed by atoms with E-state index < -0.39 is 28.4 Å². The summed E-state index contributed by atoms with van der Waals surface area (Å²) in [6.07, 6.45) is -5.06. The smallest absolute Gasteiger partial charge is 0.429 e. The van der Waals surface area contributed by atoms with E-state index in [1.54, 1.807) is 31.2 Å². The SMILES string of the molecule is CCOC(=O)c1c(C)[nH]c([C@](O)(c2nc3ccccc3s2)C(F)(F)F)c1C. The molecule has 0 aliphatic heterocycles. The summed E-state index contributed by atoms with van der Waals surface area (Å²) in [5.41, 5.74) is -3.41. The zero-order valence-corrected chi connectivity index (χ0v) is 15.6. The first kappa shape index (κ1) is 19.4. The molecule has 0 radical (unpaired) electrons. The maximum absolute atomic E-state index is 14.1. The van der Waals surface area contributed by atoms with E-state index in [0.29, 0.717) is 10.2 Å². The lowest BCUT2D eigenvalue weighted by atomic mass is 9.95. The van der Waals surface area contributed by atoms with Crippen LogP contribution in [0.3, 0.4) is 0 Å². The number of H-pyrrole nitrogens is 1. The topological polar surface area (TPSA) is 75.2 Å². The van der Waals surface area contributed by atoms with Crippen LogP contribution in [0.25, 0.3) is 10.2 Å². The average molecular weight is 398 g/mol. The van der Waals surface area contributed by atoms with E-state index in [1.165, 1.54) is 13.8 Å². The first-order valence-electron chi connectivity index (χ1n) is 8.13. The van der Waals surface area contributed by atoms with Crippen LogP contribution < -0.4 is 0 Å². The summed E-state index contributed by atoms with van der Waals surface area (Å²) in [6, 6.07) is 6.54. The Balaban J connectivity index is 2.25. The van der Waals surface area contributed by atoms with Crippen LogP contribution in [0.1, 0.15) is 39.2 Å². The minimum atomic E-state index is -5.06. The number of para-hydroxylation sites is 1. The molecule has 3 rings (SSSR count). The van der Waals surface area contributed by atoms with Crippen molar-refractivity contribution in [2.45, 2.75) is 32.5 Å². The molecule has 27 heavy (non-hydrogen) atoms. The highest BCUT2D eigenvalue weighted by molar-refractivity contribution is 7.18. The predicted molar refractivity (Wildman–Crippen MR) is 94.9 cm³/mol. The van der Waals surface area contributed by atoms with Crippen molar-refractivity contribution in [3.8, 4) is 0 Å². The van der Waals surface area contributed by atoms with Gasteiger partial charge in [-0.15, -0.1) is 11.3 Å². The van der Waals surface area contributed by atoms with Crippen molar-refractivity contribution in [3.05, 3.63) is 51.8 Å². The van der Waals surface area contributed by atoms with E-state index in [4.69, 9.17) is 4.74 Å². The Morgan fingerprint density at radius 1 is 1.30 bits per heavy atom. The van der Waals surface area contributed by atoms with Crippen molar-refractivity contribution in [3.63, 3.8) is 0 Å². The number of ether oxygens (including phenoxy) is 1. The number of esters is 1. The van der Waals surface area contributed by atoms with Crippen molar-refractivity contribution in [2.75, 3.05) is 6.61 Å². The molecule has 9 heteroatoms. The third-order valence-electron chi connectivity index (χ3n) is 4.29. The number of hydrogen-bond donors (Lipinski definition) is 2. The third-order valence-corrected chi connectivity index (χ3v) is 5.44. The molecule has 1 aromatic carbocycles. The van der Waals surface area contributed by atoms with Gasteiger partial charge >= 0.3 is 12.1 Å². The molecule has 2 heterocycles. The first-order valence-corrected chi connectivity index (χ1v) is 8.94. The summed E-state index contributed by atoms with van der Waals surface area (Å²) in [6.45, 7) is 4.48. The van der Waals surface area contributed by atoms with Gasteiger partial charge in [0.25, 0.3) is 5.60 Å². The molecule has 5 nitrogen and oxygen atoms in total. The minimum Gasteiger partial charge on any atom is -0.462 e. The Morgan fingerprint density at radius 2 is 1.96 bits per heavy atom. The molecular weight excluding hydrogens is 381 g/mol. The number of fused-ring (bicyclic) bond motifs is 1. The predicted octanol–water partition coefficient (Wildman–Crippen LogP) is 4.22. The summed E-state index contributed by atoms with van der Waals surface area (Å²) in [7, 11) is 0. The fraction of sp³-hybridized carbons (Fsp3) is 0.333. The molecule has 2 aromatic heterocycles. The third kappa shape index (κ3) is 3.00. The Hall–Kier alpha value is -2.39. The van der Waals surface area contributed by atoms with Gasteiger partial charge in [0, 0.05) is 5.69 Å². The molecule has 2 N–H and O–H groups in total. The summed E-state index contributed by atoms with van der Waals surface area (Å²) in [5.74, 6) is -0.746. The van der Waals surface area contributed by atoms with Crippen LogP contribution in [0.5, 0.6) is 0 Å². The van der Waals surface area contributed by atoms with Crippen LogP contribution in [0.15, 0.2) is 24.3 Å². The van der Waals surface area contributed by atoms with Crippen molar-refractivity contribution >= 4 is 27.5 Å². The number of nitrogens with zero attached hydrogens (tertiary/aromatic N) is 1. The van der Waals surface area contributed by atoms with Crippen molar-refractivity contribution in [1.82, 2.24) is 9.97 Å². The second-order valence-corrected chi connectivity index (χ2v) is 7.07. The van der Waals surface area contributed by atoms with Gasteiger partial charge in [-0.1, -0.05) is 12.1 Å². The molecular formula is C18H17F3N2O3S. The van der Waals surface area contributed by atoms with Gasteiger partial charge in [-0.2, -0.15) is 13.2 Å². The second-order valence-electron chi connectivity index (χ2n) is 6.04. The number of thiazole rings is 1. The van der Waals surface area contributed by atoms with E-state index in [0.717, 1.165) is 11.3 Å². The molecule has 0 aliphatic rings. The van der Waals surface area contributed by atoms with Crippen LogP contribution in [0.4, 0.5) is 13.2 Å². The molecule has 0 amide bonds. The van der Waals surface area contributed by atoms with Gasteiger partial charge in [0.05, 0.1) is 28.1 Å². The van der Waals surface area contributed by atoms with Gasteiger partial charge < -0.3 is 14.8 Å². The molecule has 3 aromatic rings. The lowest BCUT2D eigenvalue weighted by molar-refractivity contribution is -0.249. The quantitative estimate of drug-likeness (QED) is 0.646. The number of rotatable bonds is 4. The largest absolute Gasteiger partial charge is 0.462 e. The molecule has 144 valence electrons. The Bertz CT molecular complexity index is 976. The maximum atomic E-state index is 14.1. The average Bonchev–Trinajstić information content (AvgIpc) is 3.14. The number of carbonyl (C=O) groups excluding carboxylic acids is 1. The summed E-state index contributed by atoms with van der Waals surface area (Å²) in [4.78, 5) is 18.7. The standard InChI is InChI=1S/C18H17F3N2O3S/c1-4-26-15(24)13-9(2)14(22-10(13)3)17(25,18(19,20)21)16-23-11-7-5-6-8-12(11)27-16/h5-8,22,25H,4H2,1-3H3/t17-/m0/s1. The van der Waals surface area contributed by atoms with Crippen molar-refractivity contribution < 1.29 is 27.8 Å². The van der Waals surface area contributed by atoms with E-state index in [9.17, 15) is 23.1 Å². The number of hydrogen-bond acceptors (Lipinski definition) is 5. The number of aromatic nitrogens is 2. The molecule has 0 fully saturated rings. The summed E-state index contributed by atoms with van der Waals surface area (Å²) < 4.78 is 47.6. The highest BCUT2D eigenvalue weighted by Crippen LogP contribution is 2.47. The van der Waals surface area contributed by atoms with Gasteiger partial charge in [0.2, 0.25) is 0 Å². The number of carbonyl (C=O) groups is 1. The molecule has 0 aliphatic carbocycles.